The molecular weight excluding hydrogens is 268 g/mol. The van der Waals surface area contributed by atoms with E-state index in [0.717, 1.165) is 6.42 Å². The Bertz CT molecular complexity index is 549. The standard InChI is InChI=1S/C16H22N2O3/c1-16(2,3)8-9-17-15(21)18-10-12(14(19)20)11-6-4-5-7-13(11)18/h4-7,12H,8-10H2,1-3H3,(H,17,21)(H,19,20). The molecule has 5 heteroatoms. The number of benzene rings is 1. The van der Waals surface area contributed by atoms with Crippen LogP contribution in [0, 0.1) is 5.41 Å². The monoisotopic (exact) mass is 290 g/mol. The van der Waals surface area contributed by atoms with Gasteiger partial charge in [-0.1, -0.05) is 39.0 Å². The first-order chi connectivity index (χ1) is 9.79. The van der Waals surface area contributed by atoms with E-state index in [4.69, 9.17) is 0 Å². The molecule has 5 nitrogen and oxygen atoms in total. The number of amides is 2. The fourth-order valence-corrected chi connectivity index (χ4v) is 2.45. The topological polar surface area (TPSA) is 69.6 Å². The zero-order valence-electron chi connectivity index (χ0n) is 12.7. The number of para-hydroxylation sites is 1. The summed E-state index contributed by atoms with van der Waals surface area (Å²) in [5.41, 5.74) is 1.55. The van der Waals surface area contributed by atoms with Crippen molar-refractivity contribution in [3.05, 3.63) is 29.8 Å². The van der Waals surface area contributed by atoms with E-state index in [9.17, 15) is 14.7 Å². The number of carboxylic acids is 1. The molecule has 1 unspecified atom stereocenters. The Labute approximate surface area is 125 Å². The number of carbonyl (C=O) groups is 2. The molecule has 0 saturated carbocycles. The lowest BCUT2D eigenvalue weighted by atomic mass is 9.92. The molecule has 2 amide bonds. The minimum absolute atomic E-state index is 0.153. The first-order valence-electron chi connectivity index (χ1n) is 7.17. The number of rotatable bonds is 3. The Kier molecular flexibility index (Phi) is 4.21. The number of hydrogen-bond acceptors (Lipinski definition) is 2. The fraction of sp³-hybridized carbons (Fsp3) is 0.500. The summed E-state index contributed by atoms with van der Waals surface area (Å²) >= 11 is 0. The second kappa shape index (κ2) is 5.76. The van der Waals surface area contributed by atoms with Crippen molar-refractivity contribution in [1.29, 1.82) is 0 Å². The van der Waals surface area contributed by atoms with Crippen LogP contribution in [-0.4, -0.2) is 30.2 Å². The lowest BCUT2D eigenvalue weighted by Gasteiger charge is -2.21. The van der Waals surface area contributed by atoms with Crippen molar-refractivity contribution in [3.63, 3.8) is 0 Å². The van der Waals surface area contributed by atoms with Crippen molar-refractivity contribution in [2.45, 2.75) is 33.1 Å². The number of hydrogen-bond donors (Lipinski definition) is 2. The largest absolute Gasteiger partial charge is 0.481 e. The van der Waals surface area contributed by atoms with Crippen LogP contribution in [0.15, 0.2) is 24.3 Å². The van der Waals surface area contributed by atoms with Gasteiger partial charge in [0.25, 0.3) is 0 Å². The average Bonchev–Trinajstić information content (AvgIpc) is 2.76. The van der Waals surface area contributed by atoms with E-state index in [1.165, 1.54) is 4.90 Å². The summed E-state index contributed by atoms with van der Waals surface area (Å²) in [6, 6.07) is 6.96. The Morgan fingerprint density at radius 3 is 2.62 bits per heavy atom. The predicted molar refractivity (Wildman–Crippen MR) is 81.6 cm³/mol. The maximum atomic E-state index is 12.3. The van der Waals surface area contributed by atoms with Crippen molar-refractivity contribution in [2.75, 3.05) is 18.0 Å². The number of carbonyl (C=O) groups excluding carboxylic acids is 1. The van der Waals surface area contributed by atoms with E-state index >= 15 is 0 Å². The fourth-order valence-electron chi connectivity index (χ4n) is 2.45. The average molecular weight is 290 g/mol. The Morgan fingerprint density at radius 1 is 1.33 bits per heavy atom. The molecule has 2 rings (SSSR count). The van der Waals surface area contributed by atoms with Gasteiger partial charge in [0.05, 0.1) is 0 Å². The van der Waals surface area contributed by atoms with Crippen LogP contribution < -0.4 is 10.2 Å². The van der Waals surface area contributed by atoms with E-state index in [0.29, 0.717) is 17.8 Å². The van der Waals surface area contributed by atoms with Gasteiger partial charge in [0.1, 0.15) is 5.92 Å². The molecule has 2 N–H and O–H groups in total. The highest BCUT2D eigenvalue weighted by molar-refractivity contribution is 5.98. The summed E-state index contributed by atoms with van der Waals surface area (Å²) in [7, 11) is 0. The van der Waals surface area contributed by atoms with Crippen LogP contribution in [-0.2, 0) is 4.79 Å². The number of anilines is 1. The predicted octanol–water partition coefficient (Wildman–Crippen LogP) is 2.82. The molecule has 0 saturated heterocycles. The maximum Gasteiger partial charge on any atom is 0.321 e. The molecule has 0 aliphatic carbocycles. The minimum Gasteiger partial charge on any atom is -0.481 e. The zero-order valence-corrected chi connectivity index (χ0v) is 12.7. The highest BCUT2D eigenvalue weighted by Crippen LogP contribution is 2.36. The van der Waals surface area contributed by atoms with E-state index in [2.05, 4.69) is 26.1 Å². The molecule has 0 spiro atoms. The van der Waals surface area contributed by atoms with Crippen LogP contribution in [0.3, 0.4) is 0 Å². The molecule has 1 aromatic rings. The third-order valence-electron chi connectivity index (χ3n) is 3.66. The number of carboxylic acid groups (broad SMARTS) is 1. The normalized spacial score (nSPS) is 17.5. The third-order valence-corrected chi connectivity index (χ3v) is 3.66. The van der Waals surface area contributed by atoms with E-state index in [1.807, 2.05) is 6.07 Å². The van der Waals surface area contributed by atoms with Crippen molar-refractivity contribution < 1.29 is 14.7 Å². The van der Waals surface area contributed by atoms with Crippen LogP contribution in [0.25, 0.3) is 0 Å². The number of aliphatic carboxylic acids is 1. The van der Waals surface area contributed by atoms with E-state index in [1.54, 1.807) is 18.2 Å². The van der Waals surface area contributed by atoms with Gasteiger partial charge in [-0.15, -0.1) is 0 Å². The molecule has 114 valence electrons. The SMILES string of the molecule is CC(C)(C)CCNC(=O)N1CC(C(=O)O)c2ccccc21. The third kappa shape index (κ3) is 3.54. The first kappa shape index (κ1) is 15.4. The smallest absolute Gasteiger partial charge is 0.321 e. The molecule has 1 aliphatic heterocycles. The Hall–Kier alpha value is -2.04. The van der Waals surface area contributed by atoms with Crippen LogP contribution in [0.1, 0.15) is 38.7 Å². The lowest BCUT2D eigenvalue weighted by molar-refractivity contribution is -0.138. The molecule has 1 atom stereocenters. The van der Waals surface area contributed by atoms with Crippen LogP contribution in [0.2, 0.25) is 0 Å². The molecule has 0 fully saturated rings. The molecule has 21 heavy (non-hydrogen) atoms. The lowest BCUT2D eigenvalue weighted by Crippen LogP contribution is -2.41. The summed E-state index contributed by atoms with van der Waals surface area (Å²) in [4.78, 5) is 25.1. The summed E-state index contributed by atoms with van der Waals surface area (Å²) < 4.78 is 0. The minimum atomic E-state index is -0.896. The van der Waals surface area contributed by atoms with Gasteiger partial charge in [-0.2, -0.15) is 0 Å². The van der Waals surface area contributed by atoms with Crippen molar-refractivity contribution in [2.24, 2.45) is 5.41 Å². The van der Waals surface area contributed by atoms with Crippen LogP contribution in [0.5, 0.6) is 0 Å². The summed E-state index contributed by atoms with van der Waals surface area (Å²) in [6.45, 7) is 7.12. The molecule has 1 heterocycles. The number of urea groups is 1. The molecule has 1 aliphatic rings. The second-order valence-electron chi connectivity index (χ2n) is 6.60. The molecule has 0 bridgehead atoms. The summed E-state index contributed by atoms with van der Waals surface area (Å²) in [6.07, 6.45) is 0.872. The van der Waals surface area contributed by atoms with Gasteiger partial charge in [0.15, 0.2) is 0 Å². The van der Waals surface area contributed by atoms with E-state index < -0.39 is 11.9 Å². The maximum absolute atomic E-state index is 12.3. The van der Waals surface area contributed by atoms with Gasteiger partial charge >= 0.3 is 12.0 Å². The number of fused-ring (bicyclic) bond motifs is 1. The zero-order chi connectivity index (χ0) is 15.6. The van der Waals surface area contributed by atoms with Crippen molar-refractivity contribution in [1.82, 2.24) is 5.32 Å². The first-order valence-corrected chi connectivity index (χ1v) is 7.17. The van der Waals surface area contributed by atoms with Crippen molar-refractivity contribution in [3.8, 4) is 0 Å². The highest BCUT2D eigenvalue weighted by atomic mass is 16.4. The Balaban J connectivity index is 2.07. The Morgan fingerprint density at radius 2 is 2.00 bits per heavy atom. The molecule has 1 aromatic carbocycles. The van der Waals surface area contributed by atoms with Gasteiger partial charge in [-0.25, -0.2) is 4.79 Å². The second-order valence-corrected chi connectivity index (χ2v) is 6.60. The number of nitrogens with one attached hydrogen (secondary N) is 1. The molecule has 0 radical (unpaired) electrons. The van der Waals surface area contributed by atoms with Gasteiger partial charge < -0.3 is 10.4 Å². The molecule has 0 aromatic heterocycles. The highest BCUT2D eigenvalue weighted by Gasteiger charge is 2.36. The van der Waals surface area contributed by atoms with Crippen molar-refractivity contribution >= 4 is 17.7 Å². The van der Waals surface area contributed by atoms with Gasteiger partial charge in [0.2, 0.25) is 0 Å². The molecular formula is C16H22N2O3. The summed E-state index contributed by atoms with van der Waals surface area (Å²) in [5.74, 6) is -1.54. The van der Waals surface area contributed by atoms with E-state index in [-0.39, 0.29) is 18.0 Å². The number of nitrogens with zero attached hydrogens (tertiary/aromatic N) is 1. The van der Waals surface area contributed by atoms with Gasteiger partial charge in [-0.05, 0) is 23.5 Å². The van der Waals surface area contributed by atoms with Gasteiger partial charge in [-0.3, -0.25) is 9.69 Å². The van der Waals surface area contributed by atoms with Gasteiger partial charge in [0, 0.05) is 18.8 Å². The summed E-state index contributed by atoms with van der Waals surface area (Å²) in [5, 5.41) is 12.2. The van der Waals surface area contributed by atoms with Crippen LogP contribution >= 0.6 is 0 Å². The quantitative estimate of drug-likeness (QED) is 0.899. The van der Waals surface area contributed by atoms with Crippen LogP contribution in [0.4, 0.5) is 10.5 Å².